The molecule has 3 heterocycles. The Morgan fingerprint density at radius 1 is 1.10 bits per heavy atom. The van der Waals surface area contributed by atoms with Gasteiger partial charge in [0.1, 0.15) is 0 Å². The molecule has 2 aromatic rings. The third kappa shape index (κ3) is 2.86. The molecule has 1 aliphatic heterocycles. The smallest absolute Gasteiger partial charge is 0.0778 e. The highest BCUT2D eigenvalue weighted by atomic mass is 15.2. The number of aromatic nitrogens is 2. The summed E-state index contributed by atoms with van der Waals surface area (Å²) in [5.41, 5.74) is 3.57. The Labute approximate surface area is 119 Å². The summed E-state index contributed by atoms with van der Waals surface area (Å²) in [5.74, 6) is 0. The highest BCUT2D eigenvalue weighted by Gasteiger charge is 2.24. The summed E-state index contributed by atoms with van der Waals surface area (Å²) in [7, 11) is 0. The maximum absolute atomic E-state index is 4.65. The number of piperazine rings is 1. The van der Waals surface area contributed by atoms with Gasteiger partial charge in [-0.25, -0.2) is 0 Å². The van der Waals surface area contributed by atoms with Gasteiger partial charge in [-0.1, -0.05) is 6.07 Å². The predicted molar refractivity (Wildman–Crippen MR) is 79.5 cm³/mol. The Morgan fingerprint density at radius 3 is 2.50 bits per heavy atom. The molecule has 0 aliphatic carbocycles. The van der Waals surface area contributed by atoms with Crippen LogP contribution in [0.25, 0.3) is 0 Å². The van der Waals surface area contributed by atoms with Gasteiger partial charge >= 0.3 is 0 Å². The quantitative estimate of drug-likeness (QED) is 0.921. The van der Waals surface area contributed by atoms with Gasteiger partial charge in [-0.05, 0) is 36.2 Å². The fourth-order valence-electron chi connectivity index (χ4n) is 2.70. The summed E-state index contributed by atoms with van der Waals surface area (Å²) < 4.78 is 0. The zero-order chi connectivity index (χ0) is 13.8. The largest absolute Gasteiger partial charge is 0.314 e. The zero-order valence-electron chi connectivity index (χ0n) is 11.8. The molecule has 0 radical (unpaired) electrons. The van der Waals surface area contributed by atoms with Crippen LogP contribution in [0.5, 0.6) is 0 Å². The number of hydrogen-bond donors (Lipinski definition) is 1. The van der Waals surface area contributed by atoms with Crippen molar-refractivity contribution in [2.75, 3.05) is 26.2 Å². The summed E-state index contributed by atoms with van der Waals surface area (Å²) in [6.07, 6.45) is 5.67. The van der Waals surface area contributed by atoms with Crippen molar-refractivity contribution < 1.29 is 0 Å². The second-order valence-electron chi connectivity index (χ2n) is 5.23. The Kier molecular flexibility index (Phi) is 4.04. The van der Waals surface area contributed by atoms with Crippen LogP contribution in [0.15, 0.2) is 42.9 Å². The Bertz CT molecular complexity index is 532. The minimum Gasteiger partial charge on any atom is -0.314 e. The molecule has 2 aromatic heterocycles. The van der Waals surface area contributed by atoms with Crippen molar-refractivity contribution in [2.45, 2.75) is 13.0 Å². The second-order valence-corrected chi connectivity index (χ2v) is 5.23. The fourth-order valence-corrected chi connectivity index (χ4v) is 2.70. The van der Waals surface area contributed by atoms with Gasteiger partial charge in [-0.3, -0.25) is 14.9 Å². The highest BCUT2D eigenvalue weighted by molar-refractivity contribution is 5.27. The zero-order valence-corrected chi connectivity index (χ0v) is 11.8. The molecule has 0 bridgehead atoms. The summed E-state index contributed by atoms with van der Waals surface area (Å²) >= 11 is 0. The highest BCUT2D eigenvalue weighted by Crippen LogP contribution is 2.27. The van der Waals surface area contributed by atoms with Crippen molar-refractivity contribution >= 4 is 0 Å². The fraction of sp³-hybridized carbons (Fsp3) is 0.375. The molecular formula is C16H20N4. The minimum atomic E-state index is 0.223. The summed E-state index contributed by atoms with van der Waals surface area (Å²) in [6.45, 7) is 6.23. The SMILES string of the molecule is Cc1ccc(C(c2ccncc2)N2CCNCC2)nc1. The van der Waals surface area contributed by atoms with Crippen LogP contribution in [0.3, 0.4) is 0 Å². The van der Waals surface area contributed by atoms with Crippen molar-refractivity contribution in [1.82, 2.24) is 20.2 Å². The molecule has 1 unspecified atom stereocenters. The second kappa shape index (κ2) is 6.11. The monoisotopic (exact) mass is 268 g/mol. The maximum Gasteiger partial charge on any atom is 0.0778 e. The number of aryl methyl sites for hydroxylation is 1. The molecule has 20 heavy (non-hydrogen) atoms. The first-order chi connectivity index (χ1) is 9.84. The molecule has 1 fully saturated rings. The Balaban J connectivity index is 1.96. The first kappa shape index (κ1) is 13.2. The van der Waals surface area contributed by atoms with Crippen LogP contribution in [0.2, 0.25) is 0 Å². The van der Waals surface area contributed by atoms with Crippen molar-refractivity contribution in [2.24, 2.45) is 0 Å². The molecule has 0 aromatic carbocycles. The predicted octanol–water partition coefficient (Wildman–Crippen LogP) is 1.78. The van der Waals surface area contributed by atoms with E-state index in [0.29, 0.717) is 0 Å². The van der Waals surface area contributed by atoms with Crippen LogP contribution >= 0.6 is 0 Å². The van der Waals surface area contributed by atoms with Crippen LogP contribution < -0.4 is 5.32 Å². The lowest BCUT2D eigenvalue weighted by Gasteiger charge is -2.34. The van der Waals surface area contributed by atoms with Crippen LogP contribution in [-0.2, 0) is 0 Å². The van der Waals surface area contributed by atoms with E-state index in [4.69, 9.17) is 0 Å². The van der Waals surface area contributed by atoms with E-state index in [0.717, 1.165) is 31.9 Å². The van der Waals surface area contributed by atoms with E-state index in [1.54, 1.807) is 0 Å². The first-order valence-electron chi connectivity index (χ1n) is 7.12. The molecule has 1 N–H and O–H groups in total. The molecule has 0 amide bonds. The molecule has 1 aliphatic rings. The van der Waals surface area contributed by atoms with Gasteiger partial charge in [-0.2, -0.15) is 0 Å². The molecule has 1 saturated heterocycles. The van der Waals surface area contributed by atoms with Crippen molar-refractivity contribution in [3.05, 3.63) is 59.7 Å². The summed E-state index contributed by atoms with van der Waals surface area (Å²) in [4.78, 5) is 11.3. The third-order valence-electron chi connectivity index (χ3n) is 3.75. The average molecular weight is 268 g/mol. The normalized spacial score (nSPS) is 17.9. The molecule has 0 saturated carbocycles. The van der Waals surface area contributed by atoms with Gasteiger partial charge in [0, 0.05) is 44.8 Å². The van der Waals surface area contributed by atoms with Gasteiger partial charge in [0.2, 0.25) is 0 Å². The van der Waals surface area contributed by atoms with E-state index in [1.807, 2.05) is 18.6 Å². The minimum absolute atomic E-state index is 0.223. The van der Waals surface area contributed by atoms with Crippen molar-refractivity contribution in [3.8, 4) is 0 Å². The molecule has 0 spiro atoms. The van der Waals surface area contributed by atoms with E-state index in [-0.39, 0.29) is 6.04 Å². The van der Waals surface area contributed by atoms with Gasteiger partial charge < -0.3 is 5.32 Å². The lowest BCUT2D eigenvalue weighted by Crippen LogP contribution is -2.45. The van der Waals surface area contributed by atoms with Crippen molar-refractivity contribution in [1.29, 1.82) is 0 Å². The third-order valence-corrected chi connectivity index (χ3v) is 3.75. The number of rotatable bonds is 3. The average Bonchev–Trinajstić information content (AvgIpc) is 2.52. The molecule has 104 valence electrons. The number of nitrogens with one attached hydrogen (secondary N) is 1. The van der Waals surface area contributed by atoms with Gasteiger partial charge in [0.25, 0.3) is 0 Å². The van der Waals surface area contributed by atoms with E-state index in [9.17, 15) is 0 Å². The van der Waals surface area contributed by atoms with E-state index in [1.165, 1.54) is 11.1 Å². The Morgan fingerprint density at radius 2 is 1.85 bits per heavy atom. The van der Waals surface area contributed by atoms with Crippen molar-refractivity contribution in [3.63, 3.8) is 0 Å². The number of hydrogen-bond acceptors (Lipinski definition) is 4. The van der Waals surface area contributed by atoms with Crippen LogP contribution in [0.1, 0.15) is 22.9 Å². The van der Waals surface area contributed by atoms with E-state index in [2.05, 4.69) is 51.4 Å². The maximum atomic E-state index is 4.65. The topological polar surface area (TPSA) is 41.1 Å². The molecular weight excluding hydrogens is 248 g/mol. The standard InChI is InChI=1S/C16H20N4/c1-13-2-3-15(19-12-13)16(14-4-6-17-7-5-14)20-10-8-18-9-11-20/h2-7,12,16,18H,8-11H2,1H3. The lowest BCUT2D eigenvalue weighted by molar-refractivity contribution is 0.195. The van der Waals surface area contributed by atoms with Gasteiger partial charge in [-0.15, -0.1) is 0 Å². The first-order valence-corrected chi connectivity index (χ1v) is 7.12. The number of nitrogens with zero attached hydrogens (tertiary/aromatic N) is 3. The molecule has 3 rings (SSSR count). The summed E-state index contributed by atoms with van der Waals surface area (Å²) in [6, 6.07) is 8.68. The molecule has 1 atom stereocenters. The van der Waals surface area contributed by atoms with Gasteiger partial charge in [0.15, 0.2) is 0 Å². The Hall–Kier alpha value is -1.78. The van der Waals surface area contributed by atoms with Gasteiger partial charge in [0.05, 0.1) is 11.7 Å². The molecule has 4 heteroatoms. The summed E-state index contributed by atoms with van der Waals surface area (Å²) in [5, 5.41) is 3.41. The van der Waals surface area contributed by atoms with Crippen LogP contribution in [0.4, 0.5) is 0 Å². The van der Waals surface area contributed by atoms with E-state index < -0.39 is 0 Å². The lowest BCUT2D eigenvalue weighted by atomic mass is 10.0. The number of pyridine rings is 2. The van der Waals surface area contributed by atoms with E-state index >= 15 is 0 Å². The van der Waals surface area contributed by atoms with Crippen LogP contribution in [0, 0.1) is 6.92 Å². The van der Waals surface area contributed by atoms with Crippen LogP contribution in [-0.4, -0.2) is 41.0 Å². The molecule has 4 nitrogen and oxygen atoms in total.